The molecule has 2 saturated heterocycles. The standard InChI is InChI=1S/C93H4.C28H31N9O5/c1-3-5-7-9-11-13-15-17-19-21-23-25-27-29-31-33-35-37-39-41-43-45-47-49-51-53-55-57-59-61-63-65-67-69-71-73-75-77-79-81-83-85-87-89-91-93-92-90-88-86-84-82-80-78-76-74-72-70-68-66-64-62-60-58-56-54-52-50-48-46-44-42-40-38-36-34-32-30-28-26-24-22-20-18-16-14-12-10-8-6-4-2;29-24-33-22-19(12-36-21(38)14-35(26(36)40)16-8-2-1-3-9-16)31-25(30)37-13-20(28(41,42)27(22,37)34-24)32-23(39)18-11-5-7-15-6-4-10-17(15)18/h1H,2H3;1-3,5,7-9,11,19-20,22,41-42H,4,6,10,12-14H2,(H6,29,30,31,32,33,34,39)/p+2/t;19-,20?,22-,27?/m.0/s1. The molecule has 4 atom stereocenters. The lowest BCUT2D eigenvalue weighted by atomic mass is 9.85. The van der Waals surface area contributed by atoms with Gasteiger partial charge >= 0.3 is 18.0 Å². The van der Waals surface area contributed by atoms with E-state index in [0.717, 1.165) is 35.3 Å². The van der Waals surface area contributed by atoms with E-state index in [2.05, 4.69) is 560 Å². The Balaban J connectivity index is 0.000000541. The number of nitrogens with two attached hydrogens (primary N) is 2. The van der Waals surface area contributed by atoms with E-state index in [1.807, 2.05) is 18.2 Å². The van der Waals surface area contributed by atoms with Crippen LogP contribution in [0, 0.1) is 545 Å². The number of nitrogens with zero attached hydrogens (tertiary/aromatic N) is 3. The molecule has 1 spiro atoms. The van der Waals surface area contributed by atoms with Gasteiger partial charge in [-0.15, -0.1) is 6.42 Å². The van der Waals surface area contributed by atoms with Crippen LogP contribution in [0.5, 0.6) is 0 Å². The summed E-state index contributed by atoms with van der Waals surface area (Å²) < 4.78 is 1.52. The second-order valence-electron chi connectivity index (χ2n) is 23.0. The van der Waals surface area contributed by atoms with Gasteiger partial charge in [-0.25, -0.2) is 14.7 Å². The second kappa shape index (κ2) is 64.0. The third-order valence-electron chi connectivity index (χ3n) is 14.8. The van der Waals surface area contributed by atoms with Crippen LogP contribution >= 0.6 is 0 Å². The fraction of sp³-hybridized carbons (Fsp3) is 0.0992. The number of fused-ring (bicyclic) bond motifs is 1. The highest BCUT2D eigenvalue weighted by Gasteiger charge is 2.78. The minimum Gasteiger partial charge on any atom is -0.358 e. The number of carbonyl (C=O) groups excluding carboxylic acids is 3. The smallest absolute Gasteiger partial charge is 0.347 e. The number of aryl methyl sites for hydroxylation is 1. The third-order valence-corrected chi connectivity index (χ3v) is 14.8. The zero-order chi connectivity index (χ0) is 95.7. The van der Waals surface area contributed by atoms with Crippen LogP contribution in [-0.2, 0) is 17.6 Å². The summed E-state index contributed by atoms with van der Waals surface area (Å²) in [7, 11) is 0. The van der Waals surface area contributed by atoms with E-state index in [9.17, 15) is 24.6 Å². The monoisotopic (exact) mass is 1700 g/mol. The number of urea groups is 1. The van der Waals surface area contributed by atoms with E-state index in [1.54, 1.807) is 37.3 Å². The summed E-state index contributed by atoms with van der Waals surface area (Å²) in [6.07, 6.45) is 7.59. The summed E-state index contributed by atoms with van der Waals surface area (Å²) >= 11 is 0. The summed E-state index contributed by atoms with van der Waals surface area (Å²) in [5.74, 6) is 224. The lowest BCUT2D eigenvalue weighted by Gasteiger charge is -2.41. The molecular weight excluding hydrogens is 1660 g/mol. The molecule has 4 heterocycles. The first kappa shape index (κ1) is 98.9. The molecule has 4 aliphatic heterocycles. The number of hydrogen-bond donors (Lipinski definition) is 8. The summed E-state index contributed by atoms with van der Waals surface area (Å²) in [6, 6.07) is 11.1. The van der Waals surface area contributed by atoms with Gasteiger partial charge < -0.3 is 15.5 Å². The molecule has 1 aliphatic carbocycles. The van der Waals surface area contributed by atoms with Gasteiger partial charge in [-0.2, -0.15) is 0 Å². The molecule has 4 amide bonds. The Morgan fingerprint density at radius 1 is 0.407 bits per heavy atom. The number of nitrogens with one attached hydrogen (secondary N) is 4. The number of rotatable bonds is 5. The number of aliphatic hydroxyl groups is 2. The number of anilines is 1. The lowest BCUT2D eigenvalue weighted by molar-refractivity contribution is -0.674. The average Bonchev–Trinajstić information content (AvgIpc) is 1.52. The highest BCUT2D eigenvalue weighted by Crippen LogP contribution is 2.38. The number of imide groups is 1. The molecular formula is C121H37N9O5+2. The molecule has 2 aromatic rings. The van der Waals surface area contributed by atoms with Gasteiger partial charge in [-0.05, 0) is 150 Å². The van der Waals surface area contributed by atoms with Crippen LogP contribution < -0.4 is 37.3 Å². The van der Waals surface area contributed by atoms with Crippen LogP contribution in [0.25, 0.3) is 0 Å². The van der Waals surface area contributed by atoms with Gasteiger partial charge in [0.1, 0.15) is 18.6 Å². The molecule has 0 saturated carbocycles. The maximum atomic E-state index is 13.4. The molecule has 594 valence electrons. The molecule has 2 aromatic carbocycles. The summed E-state index contributed by atoms with van der Waals surface area (Å²) in [5, 5.41) is 32.5. The Morgan fingerprint density at radius 3 is 0.970 bits per heavy atom. The highest BCUT2D eigenvalue weighted by atomic mass is 16.5. The minimum absolute atomic E-state index is 0.0526. The Morgan fingerprint density at radius 2 is 0.689 bits per heavy atom. The Labute approximate surface area is 787 Å². The summed E-state index contributed by atoms with van der Waals surface area (Å²) in [5.41, 5.74) is 14.1. The van der Waals surface area contributed by atoms with Crippen LogP contribution in [0.15, 0.2) is 48.5 Å². The van der Waals surface area contributed by atoms with Crippen LogP contribution in [0.1, 0.15) is 34.8 Å². The number of amides is 4. The molecule has 10 N–H and O–H groups in total. The van der Waals surface area contributed by atoms with Crippen LogP contribution in [-0.4, -0.2) is 98.7 Å². The Kier molecular flexibility index (Phi) is 46.9. The van der Waals surface area contributed by atoms with E-state index in [4.69, 9.17) is 17.9 Å². The maximum absolute atomic E-state index is 13.4. The molecule has 5 aliphatic rings. The number of carbonyl (C=O) groups is 3. The van der Waals surface area contributed by atoms with Crippen molar-refractivity contribution in [2.75, 3.05) is 24.5 Å². The van der Waals surface area contributed by atoms with Gasteiger partial charge in [0, 0.05) is 449 Å². The van der Waals surface area contributed by atoms with E-state index in [-0.39, 0.29) is 31.6 Å². The molecule has 135 heavy (non-hydrogen) atoms. The van der Waals surface area contributed by atoms with Gasteiger partial charge in [0.25, 0.3) is 23.3 Å². The van der Waals surface area contributed by atoms with Crippen molar-refractivity contribution >= 4 is 35.5 Å². The van der Waals surface area contributed by atoms with Crippen molar-refractivity contribution in [1.29, 1.82) is 0 Å². The predicted octanol–water partition coefficient (Wildman–Crippen LogP) is -3.41. The van der Waals surface area contributed by atoms with Gasteiger partial charge in [0.2, 0.25) is 0 Å². The van der Waals surface area contributed by atoms with Crippen LogP contribution in [0.3, 0.4) is 0 Å². The number of terminal acetylenes is 1. The van der Waals surface area contributed by atoms with Crippen molar-refractivity contribution in [1.82, 2.24) is 20.9 Å². The topological polar surface area (TPSA) is 203 Å². The highest BCUT2D eigenvalue weighted by molar-refractivity contribution is 6.12. The first-order valence-corrected chi connectivity index (χ1v) is 37.3. The van der Waals surface area contributed by atoms with E-state index in [0.29, 0.717) is 11.3 Å². The molecule has 0 radical (unpaired) electrons. The van der Waals surface area contributed by atoms with Crippen molar-refractivity contribution in [2.24, 2.45) is 11.5 Å². The van der Waals surface area contributed by atoms with Gasteiger partial charge in [0.05, 0.1) is 13.1 Å². The fourth-order valence-electron chi connectivity index (χ4n) is 10.0. The molecule has 0 bridgehead atoms. The third kappa shape index (κ3) is 39.9. The zero-order valence-electron chi connectivity index (χ0n) is 69.8. The van der Waals surface area contributed by atoms with Crippen LogP contribution in [0.4, 0.5) is 10.5 Å². The fourth-order valence-corrected chi connectivity index (χ4v) is 10.0. The van der Waals surface area contributed by atoms with Crippen LogP contribution in [0.2, 0.25) is 0 Å². The lowest BCUT2D eigenvalue weighted by Crippen LogP contribution is -2.92. The summed E-state index contributed by atoms with van der Waals surface area (Å²) in [4.78, 5) is 45.3. The quantitative estimate of drug-likeness (QED) is 0.0651. The maximum Gasteiger partial charge on any atom is 0.347 e. The Hall–Kier alpha value is -24.9. The van der Waals surface area contributed by atoms with Gasteiger partial charge in [-0.3, -0.25) is 41.2 Å². The van der Waals surface area contributed by atoms with Gasteiger partial charge in [-0.1, -0.05) is 36.3 Å². The van der Waals surface area contributed by atoms with Crippen molar-refractivity contribution < 1.29 is 34.2 Å². The van der Waals surface area contributed by atoms with Crippen molar-refractivity contribution in [3.63, 3.8) is 0 Å². The van der Waals surface area contributed by atoms with Gasteiger partial charge in [0.15, 0.2) is 6.04 Å². The molecule has 2 fully saturated rings. The summed E-state index contributed by atoms with van der Waals surface area (Å²) in [6.45, 7) is 1.37. The largest absolute Gasteiger partial charge is 0.358 e. The minimum atomic E-state index is -2.58. The van der Waals surface area contributed by atoms with Crippen molar-refractivity contribution in [3.8, 4) is 545 Å². The Bertz CT molecular complexity index is 8890. The number of benzene rings is 2. The second-order valence-corrected chi connectivity index (χ2v) is 23.0. The SMILES string of the molecule is C#CC#CC#CC#CC#CC#CC#CC#CC#CC#CC#CC#CC#CC#CC#CC#CC#CC#CC#CC#CC#CC#CC#CC#CC#CC#CC#CC#CC#CC#CC#CC#CC#CC#CC#CC#CC#CC#CC#CC#CC#CC#CC#CC#CC#CC#CC.NC1=[NH+][C@H]2[C@H](CN3C(=O)CN(c4ccccc4)C3=O)NC(N)=[N+]3CC(NC(=O)c4cccc5c4CCC5)C(O)(O)C23N1. The molecule has 14 nitrogen and oxygen atoms in total. The first-order valence-electron chi connectivity index (χ1n) is 37.3. The van der Waals surface area contributed by atoms with E-state index < -0.39 is 47.4 Å². The normalized spacial score (nSPS) is 11.8. The first-order chi connectivity index (χ1) is 66.5. The molecule has 7 rings (SSSR count). The van der Waals surface area contributed by atoms with E-state index in [1.165, 1.54) is 9.48 Å². The van der Waals surface area contributed by atoms with Crippen molar-refractivity contribution in [2.45, 2.75) is 55.8 Å². The number of guanidine groups is 2. The molecule has 14 heteroatoms. The zero-order valence-corrected chi connectivity index (χ0v) is 69.8. The number of hydrogen-bond acceptors (Lipinski definition) is 9. The predicted molar refractivity (Wildman–Crippen MR) is 513 cm³/mol. The molecule has 0 aromatic heterocycles. The molecule has 2 unspecified atom stereocenters. The number of para-hydroxylation sites is 1. The average molecular weight is 1700 g/mol. The van der Waals surface area contributed by atoms with Crippen molar-refractivity contribution in [3.05, 3.63) is 65.2 Å². The van der Waals surface area contributed by atoms with E-state index >= 15 is 0 Å².